The average molecular weight is 652 g/mol. The molecule has 0 aliphatic heterocycles. The molecular formula is C35H43F2N5O5. The second kappa shape index (κ2) is 17.3. The Labute approximate surface area is 274 Å². The van der Waals surface area contributed by atoms with Crippen LogP contribution in [-0.2, 0) is 6.42 Å². The molecular weight excluding hydrogens is 608 g/mol. The third-order valence-corrected chi connectivity index (χ3v) is 7.32. The van der Waals surface area contributed by atoms with Crippen molar-refractivity contribution < 1.29 is 33.1 Å². The fourth-order valence-electron chi connectivity index (χ4n) is 5.10. The van der Waals surface area contributed by atoms with Gasteiger partial charge in [-0.3, -0.25) is 24.6 Å². The molecule has 4 amide bonds. The summed E-state index contributed by atoms with van der Waals surface area (Å²) in [6, 6.07) is 14.4. The first-order chi connectivity index (χ1) is 22.3. The molecule has 2 atom stereocenters. The normalized spacial score (nSPS) is 12.3. The van der Waals surface area contributed by atoms with Crippen molar-refractivity contribution in [2.75, 3.05) is 40.8 Å². The molecule has 0 saturated carbocycles. The van der Waals surface area contributed by atoms with E-state index in [2.05, 4.69) is 10.7 Å². The summed E-state index contributed by atoms with van der Waals surface area (Å²) in [5.74, 6) is -3.55. The molecule has 2 unspecified atom stereocenters. The molecule has 10 nitrogen and oxygen atoms in total. The lowest BCUT2D eigenvalue weighted by atomic mass is 9.99. The Morgan fingerprint density at radius 3 is 1.85 bits per heavy atom. The molecule has 0 bridgehead atoms. The quantitative estimate of drug-likeness (QED) is 0.214. The van der Waals surface area contributed by atoms with E-state index in [0.29, 0.717) is 24.7 Å². The molecule has 12 heteroatoms. The van der Waals surface area contributed by atoms with Crippen molar-refractivity contribution >= 4 is 23.6 Å². The molecule has 0 fully saturated rings. The number of rotatable bonds is 15. The number of nitrogens with zero attached hydrogens (tertiary/aromatic N) is 3. The maximum atomic E-state index is 14.1. The highest BCUT2D eigenvalue weighted by Gasteiger charge is 2.27. The van der Waals surface area contributed by atoms with Crippen LogP contribution in [0.25, 0.3) is 0 Å². The minimum Gasteiger partial charge on any atom is -0.390 e. The van der Waals surface area contributed by atoms with Crippen molar-refractivity contribution in [3.63, 3.8) is 0 Å². The van der Waals surface area contributed by atoms with Gasteiger partial charge in [0.25, 0.3) is 23.6 Å². The van der Waals surface area contributed by atoms with E-state index < -0.39 is 41.5 Å². The van der Waals surface area contributed by atoms with Crippen LogP contribution in [0.3, 0.4) is 0 Å². The van der Waals surface area contributed by atoms with Crippen molar-refractivity contribution in [3.8, 4) is 0 Å². The van der Waals surface area contributed by atoms with Gasteiger partial charge in [-0.15, -0.1) is 0 Å². The van der Waals surface area contributed by atoms with E-state index >= 15 is 0 Å². The molecule has 3 rings (SSSR count). The van der Waals surface area contributed by atoms with Gasteiger partial charge in [0, 0.05) is 69.1 Å². The average Bonchev–Trinajstić information content (AvgIpc) is 3.03. The predicted octanol–water partition coefficient (Wildman–Crippen LogP) is 3.91. The van der Waals surface area contributed by atoms with E-state index in [4.69, 9.17) is 0 Å². The van der Waals surface area contributed by atoms with Crippen molar-refractivity contribution in [1.29, 1.82) is 0 Å². The summed E-state index contributed by atoms with van der Waals surface area (Å²) in [6.45, 7) is 4.70. The Bertz CT molecular complexity index is 1530. The lowest BCUT2D eigenvalue weighted by Crippen LogP contribution is -2.52. The first-order valence-corrected chi connectivity index (χ1v) is 15.5. The highest BCUT2D eigenvalue weighted by Crippen LogP contribution is 2.18. The highest BCUT2D eigenvalue weighted by atomic mass is 19.1. The van der Waals surface area contributed by atoms with Gasteiger partial charge in [-0.2, -0.15) is 0 Å². The zero-order valence-corrected chi connectivity index (χ0v) is 27.4. The molecule has 0 heterocycles. The predicted molar refractivity (Wildman–Crippen MR) is 175 cm³/mol. The summed E-state index contributed by atoms with van der Waals surface area (Å²) in [4.78, 5) is 55.9. The number of benzene rings is 3. The Balaban J connectivity index is 1.94. The van der Waals surface area contributed by atoms with E-state index in [1.54, 1.807) is 49.3 Å². The molecule has 0 radical (unpaired) electrons. The van der Waals surface area contributed by atoms with Gasteiger partial charge in [0.2, 0.25) is 0 Å². The van der Waals surface area contributed by atoms with Crippen LogP contribution in [0, 0.1) is 11.6 Å². The second-order valence-corrected chi connectivity index (χ2v) is 11.6. The van der Waals surface area contributed by atoms with Crippen LogP contribution in [-0.4, -0.2) is 96.5 Å². The van der Waals surface area contributed by atoms with Crippen LogP contribution in [0.4, 0.5) is 8.78 Å². The maximum Gasteiger partial charge on any atom is 0.265 e. The molecule has 0 aliphatic rings. The SMILES string of the molecule is CCCN(CCC)C(=O)c1cc(C(=O)NC(Cc2cc(F)cc(F)c2)C(O)CN(C)NC(=O)c2ccccc2)cc(C(=O)N(C)C)c1. The summed E-state index contributed by atoms with van der Waals surface area (Å²) in [5, 5.41) is 15.4. The summed E-state index contributed by atoms with van der Waals surface area (Å²) in [6.07, 6.45) is -0.0832. The van der Waals surface area contributed by atoms with Crippen LogP contribution < -0.4 is 10.7 Å². The maximum absolute atomic E-state index is 14.1. The van der Waals surface area contributed by atoms with Crippen molar-refractivity contribution in [3.05, 3.63) is 106 Å². The smallest absolute Gasteiger partial charge is 0.265 e. The summed E-state index contributed by atoms with van der Waals surface area (Å²) >= 11 is 0. The Morgan fingerprint density at radius 2 is 1.30 bits per heavy atom. The molecule has 0 spiro atoms. The fraction of sp³-hybridized carbons (Fsp3) is 0.371. The number of halogens is 2. The fourth-order valence-corrected chi connectivity index (χ4v) is 5.10. The van der Waals surface area contributed by atoms with Gasteiger partial charge in [-0.1, -0.05) is 32.0 Å². The Kier molecular flexibility index (Phi) is 13.5. The third kappa shape index (κ3) is 10.7. The first-order valence-electron chi connectivity index (χ1n) is 15.5. The van der Waals surface area contributed by atoms with E-state index in [-0.39, 0.29) is 41.1 Å². The molecule has 3 N–H and O–H groups in total. The van der Waals surface area contributed by atoms with E-state index in [1.807, 2.05) is 13.8 Å². The van der Waals surface area contributed by atoms with E-state index in [9.17, 15) is 33.1 Å². The summed E-state index contributed by atoms with van der Waals surface area (Å²) in [5.41, 5.74) is 3.47. The number of aliphatic hydroxyl groups is 1. The third-order valence-electron chi connectivity index (χ3n) is 7.32. The zero-order valence-electron chi connectivity index (χ0n) is 27.4. The van der Waals surface area contributed by atoms with Gasteiger partial charge in [0.05, 0.1) is 12.1 Å². The van der Waals surface area contributed by atoms with Gasteiger partial charge >= 0.3 is 0 Å². The number of hydrogen-bond donors (Lipinski definition) is 3. The Hall–Kier alpha value is -4.68. The van der Waals surface area contributed by atoms with Crippen LogP contribution in [0.15, 0.2) is 66.7 Å². The van der Waals surface area contributed by atoms with Gasteiger partial charge in [0.15, 0.2) is 0 Å². The topological polar surface area (TPSA) is 122 Å². The molecule has 3 aromatic rings. The Morgan fingerprint density at radius 1 is 0.745 bits per heavy atom. The molecule has 0 aromatic heterocycles. The number of nitrogens with one attached hydrogen (secondary N) is 2. The standard InChI is InChI=1S/C35H43F2N5O5/c1-6-13-42(14-7-2)35(47)27-19-25(18-26(20-27)34(46)40(3)4)32(44)38-30(17-23-15-28(36)21-29(37)16-23)31(43)22-41(5)39-33(45)24-11-9-8-10-12-24/h8-12,15-16,18-21,30-31,43H,6-7,13-14,17,22H2,1-5H3,(H,38,44)(H,39,45). The van der Waals surface area contributed by atoms with Gasteiger partial charge in [0.1, 0.15) is 11.6 Å². The first kappa shape index (κ1) is 36.8. The molecule has 0 saturated heterocycles. The number of amides is 4. The van der Waals surface area contributed by atoms with Crippen LogP contribution in [0.1, 0.15) is 73.7 Å². The number of carbonyl (C=O) groups excluding carboxylic acids is 4. The highest BCUT2D eigenvalue weighted by molar-refractivity contribution is 6.04. The van der Waals surface area contributed by atoms with Crippen molar-refractivity contribution in [1.82, 2.24) is 25.6 Å². The van der Waals surface area contributed by atoms with Crippen LogP contribution >= 0.6 is 0 Å². The number of aliphatic hydroxyl groups excluding tert-OH is 1. The molecule has 252 valence electrons. The summed E-state index contributed by atoms with van der Waals surface area (Å²) in [7, 11) is 4.63. The minimum atomic E-state index is -1.34. The lowest BCUT2D eigenvalue weighted by Gasteiger charge is -2.28. The van der Waals surface area contributed by atoms with Gasteiger partial charge < -0.3 is 20.2 Å². The second-order valence-electron chi connectivity index (χ2n) is 11.6. The molecule has 0 aliphatic carbocycles. The molecule has 3 aromatic carbocycles. The molecule has 47 heavy (non-hydrogen) atoms. The van der Waals surface area contributed by atoms with Crippen LogP contribution in [0.2, 0.25) is 0 Å². The van der Waals surface area contributed by atoms with Crippen molar-refractivity contribution in [2.24, 2.45) is 0 Å². The van der Waals surface area contributed by atoms with Crippen molar-refractivity contribution in [2.45, 2.75) is 45.3 Å². The zero-order chi connectivity index (χ0) is 34.7. The number of hydrazine groups is 1. The van der Waals surface area contributed by atoms with Gasteiger partial charge in [-0.05, 0) is 67.3 Å². The lowest BCUT2D eigenvalue weighted by molar-refractivity contribution is 0.0541. The largest absolute Gasteiger partial charge is 0.390 e. The van der Waals surface area contributed by atoms with E-state index in [1.165, 1.54) is 35.2 Å². The van der Waals surface area contributed by atoms with Crippen LogP contribution in [0.5, 0.6) is 0 Å². The summed E-state index contributed by atoms with van der Waals surface area (Å²) < 4.78 is 28.2. The van der Waals surface area contributed by atoms with E-state index in [0.717, 1.165) is 25.0 Å². The minimum absolute atomic E-state index is 0.0117. The number of likely N-dealkylation sites (N-methyl/N-ethyl adjacent to an activating group) is 1. The van der Waals surface area contributed by atoms with Gasteiger partial charge in [-0.25, -0.2) is 13.8 Å². The number of hydrogen-bond acceptors (Lipinski definition) is 6. The number of carbonyl (C=O) groups is 4. The monoisotopic (exact) mass is 651 g/mol.